The Morgan fingerprint density at radius 2 is 1.64 bits per heavy atom. The molecule has 2 aliphatic rings. The van der Waals surface area contributed by atoms with Gasteiger partial charge in [-0.25, -0.2) is 0 Å². The summed E-state index contributed by atoms with van der Waals surface area (Å²) in [5.41, 5.74) is 0.830. The summed E-state index contributed by atoms with van der Waals surface area (Å²) in [6.45, 7) is 0.00313. The van der Waals surface area contributed by atoms with Crippen molar-refractivity contribution in [1.29, 1.82) is 0 Å². The van der Waals surface area contributed by atoms with E-state index in [1.165, 1.54) is 34.1 Å². The zero-order valence-electron chi connectivity index (χ0n) is 22.1. The van der Waals surface area contributed by atoms with Gasteiger partial charge in [0.15, 0.2) is 5.78 Å². The van der Waals surface area contributed by atoms with Gasteiger partial charge in [-0.3, -0.25) is 19.2 Å². The summed E-state index contributed by atoms with van der Waals surface area (Å²) in [7, 11) is 0. The third-order valence-corrected chi connectivity index (χ3v) is 7.30. The third kappa shape index (κ3) is 6.22. The molecule has 42 heavy (non-hydrogen) atoms. The zero-order valence-corrected chi connectivity index (χ0v) is 22.1. The summed E-state index contributed by atoms with van der Waals surface area (Å²) >= 11 is 0. The van der Waals surface area contributed by atoms with Crippen LogP contribution in [0.3, 0.4) is 0 Å². The Hall–Kier alpha value is -4.87. The molecule has 5 rings (SSSR count). The maximum absolute atomic E-state index is 13.9. The van der Waals surface area contributed by atoms with E-state index in [-0.39, 0.29) is 42.5 Å². The van der Waals surface area contributed by atoms with Gasteiger partial charge in [0.1, 0.15) is 23.6 Å². The highest BCUT2D eigenvalue weighted by molar-refractivity contribution is 6.03. The normalized spacial score (nSPS) is 18.9. The number of ether oxygens (including phenoxy) is 1. The third-order valence-electron chi connectivity index (χ3n) is 7.30. The second-order valence-electron chi connectivity index (χ2n) is 10.1. The maximum Gasteiger partial charge on any atom is 0.573 e. The molecule has 0 bridgehead atoms. The van der Waals surface area contributed by atoms with Gasteiger partial charge in [-0.2, -0.15) is 0 Å². The van der Waals surface area contributed by atoms with Crippen LogP contribution in [0.4, 0.5) is 13.2 Å². The molecule has 3 atom stereocenters. The van der Waals surface area contributed by atoms with Gasteiger partial charge in [-0.15, -0.1) is 13.2 Å². The molecule has 2 saturated heterocycles. The number of Topliss-reactive ketones (excluding diaryl/α,β-unsaturated/α-hetero) is 1. The van der Waals surface area contributed by atoms with Gasteiger partial charge >= 0.3 is 6.36 Å². The lowest BCUT2D eigenvalue weighted by Crippen LogP contribution is -2.53. The van der Waals surface area contributed by atoms with E-state index in [1.807, 2.05) is 0 Å². The highest BCUT2D eigenvalue weighted by Gasteiger charge is 2.52. The molecule has 12 heteroatoms. The van der Waals surface area contributed by atoms with Gasteiger partial charge in [0.2, 0.25) is 5.91 Å². The van der Waals surface area contributed by atoms with Crippen molar-refractivity contribution in [1.82, 2.24) is 15.1 Å². The molecule has 0 saturated carbocycles. The van der Waals surface area contributed by atoms with Gasteiger partial charge < -0.3 is 25.0 Å². The largest absolute Gasteiger partial charge is 0.573 e. The predicted octanol–water partition coefficient (Wildman–Crippen LogP) is 3.33. The standard InChI is InChI=1S/C30H26F3N3O6/c31-30(32,33)42-22-8-4-7-20(16-22)27(39)34-23(15-18-9-11-21(37)12-10-18)29(41)35-14-13-24-26(35)25(38)17-36(24)28(40)19-5-2-1-3-6-19/h1-12,16,23-24,26,37H,13-15,17H2,(H,34,39)/t23-,24+,26-/m0/s1. The van der Waals surface area contributed by atoms with Crippen molar-refractivity contribution in [2.75, 3.05) is 13.1 Å². The number of nitrogens with one attached hydrogen (secondary N) is 1. The van der Waals surface area contributed by atoms with Crippen molar-refractivity contribution >= 4 is 23.5 Å². The SMILES string of the molecule is O=C(N[C@@H](Cc1ccc(O)cc1)C(=O)N1CC[C@@H]2[C@H]1C(=O)CN2C(=O)c1ccccc1)c1cccc(OC(F)(F)F)c1. The summed E-state index contributed by atoms with van der Waals surface area (Å²) in [4.78, 5) is 56.1. The predicted molar refractivity (Wildman–Crippen MR) is 143 cm³/mol. The van der Waals surface area contributed by atoms with Crippen molar-refractivity contribution in [2.24, 2.45) is 0 Å². The van der Waals surface area contributed by atoms with Crippen LogP contribution in [0.5, 0.6) is 11.5 Å². The Bertz CT molecular complexity index is 1500. The topological polar surface area (TPSA) is 116 Å². The van der Waals surface area contributed by atoms with Crippen LogP contribution < -0.4 is 10.1 Å². The number of carbonyl (C=O) groups is 4. The second kappa shape index (κ2) is 11.6. The van der Waals surface area contributed by atoms with Crippen molar-refractivity contribution < 1.29 is 42.2 Å². The van der Waals surface area contributed by atoms with Crippen LogP contribution in [0.15, 0.2) is 78.9 Å². The molecule has 9 nitrogen and oxygen atoms in total. The van der Waals surface area contributed by atoms with Gasteiger partial charge in [0.05, 0.1) is 12.6 Å². The molecule has 0 radical (unpaired) electrons. The first kappa shape index (κ1) is 28.7. The number of aromatic hydroxyl groups is 1. The van der Waals surface area contributed by atoms with Gasteiger partial charge in [0.25, 0.3) is 11.8 Å². The van der Waals surface area contributed by atoms with Crippen LogP contribution in [-0.4, -0.2) is 76.0 Å². The minimum atomic E-state index is -4.96. The highest BCUT2D eigenvalue weighted by atomic mass is 19.4. The van der Waals surface area contributed by atoms with E-state index in [4.69, 9.17) is 0 Å². The van der Waals surface area contributed by atoms with Crippen molar-refractivity contribution in [2.45, 2.75) is 37.3 Å². The molecule has 2 N–H and O–H groups in total. The van der Waals surface area contributed by atoms with Gasteiger partial charge in [-0.05, 0) is 54.4 Å². The Balaban J connectivity index is 1.38. The number of rotatable bonds is 7. The monoisotopic (exact) mass is 581 g/mol. The van der Waals surface area contributed by atoms with Crippen LogP contribution in [-0.2, 0) is 16.0 Å². The Morgan fingerprint density at radius 1 is 0.952 bits per heavy atom. The van der Waals surface area contributed by atoms with Crippen LogP contribution in [0.2, 0.25) is 0 Å². The first-order valence-electron chi connectivity index (χ1n) is 13.1. The molecule has 2 aliphatic heterocycles. The highest BCUT2D eigenvalue weighted by Crippen LogP contribution is 2.32. The summed E-state index contributed by atoms with van der Waals surface area (Å²) in [6.07, 6.45) is -4.63. The molecule has 0 unspecified atom stereocenters. The number of halogens is 3. The molecule has 2 heterocycles. The number of amides is 3. The molecule has 218 valence electrons. The number of hydrogen-bond acceptors (Lipinski definition) is 6. The molecule has 3 aromatic carbocycles. The number of alkyl halides is 3. The van der Waals surface area contributed by atoms with E-state index in [9.17, 15) is 37.5 Å². The second-order valence-corrected chi connectivity index (χ2v) is 10.1. The molecule has 3 amide bonds. The molecular formula is C30H26F3N3O6. The molecular weight excluding hydrogens is 555 g/mol. The van der Waals surface area contributed by atoms with E-state index in [1.54, 1.807) is 42.5 Å². The van der Waals surface area contributed by atoms with Crippen LogP contribution in [0.25, 0.3) is 0 Å². The molecule has 0 spiro atoms. The number of likely N-dealkylation sites (tertiary alicyclic amines) is 2. The lowest BCUT2D eigenvalue weighted by molar-refractivity contribution is -0.274. The van der Waals surface area contributed by atoms with E-state index >= 15 is 0 Å². The van der Waals surface area contributed by atoms with Gasteiger partial charge in [-0.1, -0.05) is 36.4 Å². The minimum absolute atomic E-state index is 0.00532. The van der Waals surface area contributed by atoms with E-state index in [0.717, 1.165) is 12.1 Å². The fourth-order valence-electron chi connectivity index (χ4n) is 5.43. The summed E-state index contributed by atoms with van der Waals surface area (Å²) in [5.74, 6) is -2.63. The lowest BCUT2D eigenvalue weighted by Gasteiger charge is -2.28. The van der Waals surface area contributed by atoms with Crippen LogP contribution in [0, 0.1) is 0 Å². The number of carbonyl (C=O) groups excluding carboxylic acids is 4. The first-order valence-corrected chi connectivity index (χ1v) is 13.1. The number of phenols is 1. The summed E-state index contributed by atoms with van der Waals surface area (Å²) in [6, 6.07) is 16.3. The maximum atomic E-state index is 13.9. The molecule has 2 fully saturated rings. The fraction of sp³-hybridized carbons (Fsp3) is 0.267. The van der Waals surface area contributed by atoms with Crippen LogP contribution >= 0.6 is 0 Å². The summed E-state index contributed by atoms with van der Waals surface area (Å²) < 4.78 is 42.0. The molecule has 0 aromatic heterocycles. The number of fused-ring (bicyclic) bond motifs is 1. The average Bonchev–Trinajstić information content (AvgIpc) is 3.54. The van der Waals surface area contributed by atoms with Crippen molar-refractivity contribution in [3.05, 3.63) is 95.6 Å². The Kier molecular flexibility index (Phi) is 7.88. The van der Waals surface area contributed by atoms with Gasteiger partial charge in [0, 0.05) is 24.1 Å². The Labute approximate surface area is 238 Å². The molecule has 3 aromatic rings. The summed E-state index contributed by atoms with van der Waals surface area (Å²) in [5, 5.41) is 12.2. The molecule has 0 aliphatic carbocycles. The smallest absolute Gasteiger partial charge is 0.508 e. The van der Waals surface area contributed by atoms with Crippen molar-refractivity contribution in [3.8, 4) is 11.5 Å². The fourth-order valence-corrected chi connectivity index (χ4v) is 5.43. The number of ketones is 1. The first-order chi connectivity index (χ1) is 20.0. The van der Waals surface area contributed by atoms with Crippen LogP contribution in [0.1, 0.15) is 32.7 Å². The number of benzene rings is 3. The number of phenolic OH excluding ortho intramolecular Hbond substituents is 1. The lowest BCUT2D eigenvalue weighted by atomic mass is 10.0. The van der Waals surface area contributed by atoms with Crippen molar-refractivity contribution in [3.63, 3.8) is 0 Å². The Morgan fingerprint density at radius 3 is 2.33 bits per heavy atom. The number of hydrogen-bond donors (Lipinski definition) is 2. The van der Waals surface area contributed by atoms with E-state index in [2.05, 4.69) is 10.1 Å². The average molecular weight is 582 g/mol. The zero-order chi connectivity index (χ0) is 30.0. The van der Waals surface area contributed by atoms with E-state index in [0.29, 0.717) is 17.5 Å². The quantitative estimate of drug-likeness (QED) is 0.443. The minimum Gasteiger partial charge on any atom is -0.508 e. The van der Waals surface area contributed by atoms with E-state index < -0.39 is 42.1 Å². The number of nitrogens with zero attached hydrogens (tertiary/aromatic N) is 2.